The van der Waals surface area contributed by atoms with Gasteiger partial charge in [0.25, 0.3) is 0 Å². The van der Waals surface area contributed by atoms with E-state index in [0.717, 1.165) is 12.1 Å². The normalized spacial score (nSPS) is 13.4. The summed E-state index contributed by atoms with van der Waals surface area (Å²) in [6.07, 6.45) is -3.44. The SMILES string of the molecule is CC(CCN)c1nc(Cc2cccc(C(F)(F)F)c2)no1. The predicted molar refractivity (Wildman–Crippen MR) is 70.6 cm³/mol. The molecule has 114 valence electrons. The van der Waals surface area contributed by atoms with E-state index in [0.29, 0.717) is 30.2 Å². The van der Waals surface area contributed by atoms with Gasteiger partial charge in [0.1, 0.15) is 0 Å². The lowest BCUT2D eigenvalue weighted by Crippen LogP contribution is -2.06. The molecule has 0 aliphatic rings. The van der Waals surface area contributed by atoms with Crippen LogP contribution >= 0.6 is 0 Å². The smallest absolute Gasteiger partial charge is 0.339 e. The molecular formula is C14H16F3N3O. The molecule has 2 aromatic rings. The van der Waals surface area contributed by atoms with Gasteiger partial charge in [-0.3, -0.25) is 0 Å². The van der Waals surface area contributed by atoms with Crippen LogP contribution in [-0.4, -0.2) is 16.7 Å². The van der Waals surface area contributed by atoms with E-state index in [-0.39, 0.29) is 12.3 Å². The summed E-state index contributed by atoms with van der Waals surface area (Å²) in [4.78, 5) is 4.20. The second kappa shape index (κ2) is 6.26. The zero-order valence-electron chi connectivity index (χ0n) is 11.5. The monoisotopic (exact) mass is 299 g/mol. The van der Waals surface area contributed by atoms with E-state index in [9.17, 15) is 13.2 Å². The van der Waals surface area contributed by atoms with Gasteiger partial charge in [-0.15, -0.1) is 0 Å². The van der Waals surface area contributed by atoms with Crippen molar-refractivity contribution in [3.05, 3.63) is 47.1 Å². The number of benzene rings is 1. The standard InChI is InChI=1S/C14H16F3N3O/c1-9(5-6-18)13-19-12(20-21-13)8-10-3-2-4-11(7-10)14(15,16)17/h2-4,7,9H,5-6,8,18H2,1H3. The topological polar surface area (TPSA) is 64.9 Å². The van der Waals surface area contributed by atoms with Crippen LogP contribution in [0.2, 0.25) is 0 Å². The third-order valence-electron chi connectivity index (χ3n) is 3.12. The summed E-state index contributed by atoms with van der Waals surface area (Å²) in [5.74, 6) is 0.869. The minimum Gasteiger partial charge on any atom is -0.339 e. The fourth-order valence-corrected chi connectivity index (χ4v) is 1.95. The molecular weight excluding hydrogens is 283 g/mol. The average Bonchev–Trinajstić information content (AvgIpc) is 2.87. The maximum atomic E-state index is 12.6. The van der Waals surface area contributed by atoms with Crippen LogP contribution < -0.4 is 5.73 Å². The molecule has 21 heavy (non-hydrogen) atoms. The number of nitrogens with two attached hydrogens (primary N) is 1. The number of halogens is 3. The predicted octanol–water partition coefficient (Wildman–Crippen LogP) is 3.13. The van der Waals surface area contributed by atoms with Crippen LogP contribution in [0, 0.1) is 0 Å². The number of hydrogen-bond acceptors (Lipinski definition) is 4. The summed E-state index contributed by atoms with van der Waals surface area (Å²) in [5, 5.41) is 3.80. The molecule has 0 radical (unpaired) electrons. The molecule has 1 unspecified atom stereocenters. The second-order valence-corrected chi connectivity index (χ2v) is 4.90. The molecule has 2 rings (SSSR count). The maximum absolute atomic E-state index is 12.6. The van der Waals surface area contributed by atoms with Crippen molar-refractivity contribution in [2.24, 2.45) is 5.73 Å². The van der Waals surface area contributed by atoms with E-state index < -0.39 is 11.7 Å². The molecule has 2 N–H and O–H groups in total. The Hall–Kier alpha value is -1.89. The number of aromatic nitrogens is 2. The van der Waals surface area contributed by atoms with Gasteiger partial charge in [0.2, 0.25) is 5.89 Å². The van der Waals surface area contributed by atoms with Gasteiger partial charge < -0.3 is 10.3 Å². The Morgan fingerprint density at radius 2 is 2.10 bits per heavy atom. The molecule has 0 bridgehead atoms. The van der Waals surface area contributed by atoms with Crippen molar-refractivity contribution in [3.8, 4) is 0 Å². The summed E-state index contributed by atoms with van der Waals surface area (Å²) in [6, 6.07) is 5.11. The van der Waals surface area contributed by atoms with Crippen molar-refractivity contribution in [2.75, 3.05) is 6.54 Å². The van der Waals surface area contributed by atoms with Gasteiger partial charge in [-0.25, -0.2) is 0 Å². The Morgan fingerprint density at radius 1 is 1.33 bits per heavy atom. The second-order valence-electron chi connectivity index (χ2n) is 4.90. The van der Waals surface area contributed by atoms with Crippen molar-refractivity contribution in [1.29, 1.82) is 0 Å². The highest BCUT2D eigenvalue weighted by Crippen LogP contribution is 2.29. The molecule has 0 amide bonds. The molecule has 1 atom stereocenters. The molecule has 0 aliphatic carbocycles. The van der Waals surface area contributed by atoms with Gasteiger partial charge in [-0.1, -0.05) is 30.3 Å². The Balaban J connectivity index is 2.12. The van der Waals surface area contributed by atoms with Crippen molar-refractivity contribution >= 4 is 0 Å². The minimum absolute atomic E-state index is 0.0396. The molecule has 0 saturated heterocycles. The Kier molecular flexibility index (Phi) is 4.62. The summed E-state index contributed by atoms with van der Waals surface area (Å²) in [7, 11) is 0. The Bertz CT molecular complexity index is 595. The first kappa shape index (κ1) is 15.5. The fourth-order valence-electron chi connectivity index (χ4n) is 1.95. The molecule has 0 aliphatic heterocycles. The summed E-state index contributed by atoms with van der Waals surface area (Å²) in [6.45, 7) is 2.42. The Morgan fingerprint density at radius 3 is 2.76 bits per heavy atom. The average molecular weight is 299 g/mol. The molecule has 7 heteroatoms. The molecule has 1 aromatic heterocycles. The van der Waals surface area contributed by atoms with Crippen molar-refractivity contribution in [2.45, 2.75) is 31.9 Å². The van der Waals surface area contributed by atoms with Crippen LogP contribution in [0.1, 0.15) is 42.1 Å². The highest BCUT2D eigenvalue weighted by Gasteiger charge is 2.30. The molecule has 0 spiro atoms. The van der Waals surface area contributed by atoms with E-state index in [1.807, 2.05) is 6.92 Å². The zero-order valence-corrected chi connectivity index (χ0v) is 11.5. The largest absolute Gasteiger partial charge is 0.416 e. The number of alkyl halides is 3. The van der Waals surface area contributed by atoms with Crippen LogP contribution in [0.15, 0.2) is 28.8 Å². The van der Waals surface area contributed by atoms with Crippen molar-refractivity contribution < 1.29 is 17.7 Å². The summed E-state index contributed by atoms with van der Waals surface area (Å²) < 4.78 is 43.0. The van der Waals surface area contributed by atoms with Crippen LogP contribution in [0.3, 0.4) is 0 Å². The lowest BCUT2D eigenvalue weighted by atomic mass is 10.1. The van der Waals surface area contributed by atoms with Crippen LogP contribution in [0.5, 0.6) is 0 Å². The van der Waals surface area contributed by atoms with Crippen LogP contribution in [0.4, 0.5) is 13.2 Å². The molecule has 1 aromatic carbocycles. The Labute approximate surface area is 120 Å². The molecule has 0 fully saturated rings. The quantitative estimate of drug-likeness (QED) is 0.921. The third-order valence-corrected chi connectivity index (χ3v) is 3.12. The fraction of sp³-hybridized carbons (Fsp3) is 0.429. The highest BCUT2D eigenvalue weighted by molar-refractivity contribution is 5.27. The summed E-state index contributed by atoms with van der Waals surface area (Å²) in [5.41, 5.74) is 5.27. The summed E-state index contributed by atoms with van der Waals surface area (Å²) >= 11 is 0. The lowest BCUT2D eigenvalue weighted by Gasteiger charge is -2.07. The zero-order chi connectivity index (χ0) is 15.5. The van der Waals surface area contributed by atoms with Gasteiger partial charge >= 0.3 is 6.18 Å². The minimum atomic E-state index is -4.35. The number of nitrogens with zero attached hydrogens (tertiary/aromatic N) is 2. The molecule has 4 nitrogen and oxygen atoms in total. The molecule has 1 heterocycles. The van der Waals surface area contributed by atoms with E-state index in [1.54, 1.807) is 6.07 Å². The van der Waals surface area contributed by atoms with E-state index in [1.165, 1.54) is 6.07 Å². The van der Waals surface area contributed by atoms with Crippen molar-refractivity contribution in [3.63, 3.8) is 0 Å². The third kappa shape index (κ3) is 4.04. The van der Waals surface area contributed by atoms with Gasteiger partial charge in [0, 0.05) is 12.3 Å². The highest BCUT2D eigenvalue weighted by atomic mass is 19.4. The first-order valence-electron chi connectivity index (χ1n) is 6.59. The van der Waals surface area contributed by atoms with E-state index in [2.05, 4.69) is 10.1 Å². The van der Waals surface area contributed by atoms with E-state index in [4.69, 9.17) is 10.3 Å². The van der Waals surface area contributed by atoms with Gasteiger partial charge in [0.15, 0.2) is 5.82 Å². The van der Waals surface area contributed by atoms with Gasteiger partial charge in [-0.05, 0) is 24.6 Å². The first-order valence-corrected chi connectivity index (χ1v) is 6.59. The molecule has 0 saturated carbocycles. The van der Waals surface area contributed by atoms with Gasteiger partial charge in [-0.2, -0.15) is 18.2 Å². The van der Waals surface area contributed by atoms with Gasteiger partial charge in [0.05, 0.1) is 5.56 Å². The number of hydrogen-bond donors (Lipinski definition) is 1. The van der Waals surface area contributed by atoms with Crippen LogP contribution in [-0.2, 0) is 12.6 Å². The number of rotatable bonds is 5. The maximum Gasteiger partial charge on any atom is 0.416 e. The lowest BCUT2D eigenvalue weighted by molar-refractivity contribution is -0.137. The van der Waals surface area contributed by atoms with Crippen LogP contribution in [0.25, 0.3) is 0 Å². The first-order chi connectivity index (χ1) is 9.90. The van der Waals surface area contributed by atoms with E-state index >= 15 is 0 Å². The van der Waals surface area contributed by atoms with Crippen molar-refractivity contribution in [1.82, 2.24) is 10.1 Å².